The van der Waals surface area contributed by atoms with Crippen molar-refractivity contribution in [2.75, 3.05) is 13.7 Å². The molecule has 2 saturated carbocycles. The molecule has 0 saturated heterocycles. The maximum Gasteiger partial charge on any atom is 0.329 e. The Morgan fingerprint density at radius 2 is 1.86 bits per heavy atom. The third kappa shape index (κ3) is 3.48. The highest BCUT2D eigenvalue weighted by molar-refractivity contribution is 5.86. The maximum atomic E-state index is 12.1. The van der Waals surface area contributed by atoms with E-state index in [4.69, 9.17) is 4.74 Å². The normalized spacial score (nSPS) is 31.0. The van der Waals surface area contributed by atoms with Crippen molar-refractivity contribution in [3.63, 3.8) is 0 Å². The zero-order chi connectivity index (χ0) is 15.5. The molecule has 0 bridgehead atoms. The number of rotatable bonds is 5. The smallest absolute Gasteiger partial charge is 0.329 e. The van der Waals surface area contributed by atoms with Gasteiger partial charge < -0.3 is 20.5 Å². The molecule has 2 fully saturated rings. The van der Waals surface area contributed by atoms with Gasteiger partial charge in [0.15, 0.2) is 0 Å². The van der Waals surface area contributed by atoms with Gasteiger partial charge in [-0.15, -0.1) is 0 Å². The lowest BCUT2D eigenvalue weighted by Gasteiger charge is -2.41. The second-order valence-electron chi connectivity index (χ2n) is 6.62. The van der Waals surface area contributed by atoms with Crippen LogP contribution in [0.25, 0.3) is 0 Å². The number of carbonyl (C=O) groups is 2. The average molecular weight is 298 g/mol. The van der Waals surface area contributed by atoms with Crippen molar-refractivity contribution in [2.45, 2.75) is 63.0 Å². The minimum Gasteiger partial charge on any atom is -0.480 e. The number of hydrogen-bond acceptors (Lipinski definition) is 3. The summed E-state index contributed by atoms with van der Waals surface area (Å²) in [5.74, 6) is -0.413. The van der Waals surface area contributed by atoms with Crippen LogP contribution in [0.2, 0.25) is 0 Å². The van der Waals surface area contributed by atoms with Gasteiger partial charge in [0.2, 0.25) is 0 Å². The van der Waals surface area contributed by atoms with Gasteiger partial charge in [-0.3, -0.25) is 0 Å². The van der Waals surface area contributed by atoms with Crippen LogP contribution in [0.5, 0.6) is 0 Å². The number of hydrogen-bond donors (Lipinski definition) is 3. The molecule has 120 valence electrons. The molecule has 0 aliphatic heterocycles. The molecule has 2 aliphatic rings. The summed E-state index contributed by atoms with van der Waals surface area (Å²) >= 11 is 0. The Kier molecular flexibility index (Phi) is 4.76. The van der Waals surface area contributed by atoms with Crippen LogP contribution in [-0.2, 0) is 9.53 Å². The molecule has 0 unspecified atom stereocenters. The monoisotopic (exact) mass is 298 g/mol. The van der Waals surface area contributed by atoms with Crippen molar-refractivity contribution in [1.82, 2.24) is 10.6 Å². The number of carbonyl (C=O) groups excluding carboxylic acids is 1. The molecule has 0 radical (unpaired) electrons. The van der Waals surface area contributed by atoms with Crippen LogP contribution in [0, 0.1) is 5.92 Å². The van der Waals surface area contributed by atoms with Gasteiger partial charge in [0, 0.05) is 13.7 Å². The molecule has 2 amide bonds. The zero-order valence-corrected chi connectivity index (χ0v) is 12.9. The third-order valence-corrected chi connectivity index (χ3v) is 5.16. The minimum atomic E-state index is -1.11. The predicted molar refractivity (Wildman–Crippen MR) is 78.1 cm³/mol. The number of carboxylic acids is 1. The highest BCUT2D eigenvalue weighted by atomic mass is 16.5. The molecule has 6 heteroatoms. The molecule has 0 spiro atoms. The number of methoxy groups -OCH3 is 1. The SMILES string of the molecule is COC1(CNC(=O)NC2(C(=O)O)CCC(C)CC2)CCC1. The molecule has 0 atom stereocenters. The van der Waals surface area contributed by atoms with Gasteiger partial charge in [-0.05, 0) is 50.9 Å². The van der Waals surface area contributed by atoms with Crippen LogP contribution in [0.15, 0.2) is 0 Å². The fourth-order valence-corrected chi connectivity index (χ4v) is 3.17. The fraction of sp³-hybridized carbons (Fsp3) is 0.867. The van der Waals surface area contributed by atoms with E-state index in [1.54, 1.807) is 7.11 Å². The van der Waals surface area contributed by atoms with Gasteiger partial charge in [0.1, 0.15) is 5.54 Å². The van der Waals surface area contributed by atoms with E-state index in [0.717, 1.165) is 32.1 Å². The van der Waals surface area contributed by atoms with Crippen molar-refractivity contribution < 1.29 is 19.4 Å². The number of aliphatic carboxylic acids is 1. The second kappa shape index (κ2) is 6.22. The summed E-state index contributed by atoms with van der Waals surface area (Å²) in [7, 11) is 1.65. The molecule has 0 aromatic carbocycles. The van der Waals surface area contributed by atoms with E-state index >= 15 is 0 Å². The molecule has 0 heterocycles. The molecular formula is C15H26N2O4. The maximum absolute atomic E-state index is 12.1. The topological polar surface area (TPSA) is 87.7 Å². The Labute approximate surface area is 125 Å². The largest absolute Gasteiger partial charge is 0.480 e. The fourth-order valence-electron chi connectivity index (χ4n) is 3.17. The van der Waals surface area contributed by atoms with Gasteiger partial charge >= 0.3 is 12.0 Å². The highest BCUT2D eigenvalue weighted by Crippen LogP contribution is 2.34. The summed E-state index contributed by atoms with van der Waals surface area (Å²) in [5.41, 5.74) is -1.37. The van der Waals surface area contributed by atoms with E-state index in [1.807, 2.05) is 0 Å². The molecule has 3 N–H and O–H groups in total. The lowest BCUT2D eigenvalue weighted by Crippen LogP contribution is -2.60. The molecule has 0 aromatic rings. The third-order valence-electron chi connectivity index (χ3n) is 5.16. The van der Waals surface area contributed by atoms with Gasteiger partial charge in [0.25, 0.3) is 0 Å². The van der Waals surface area contributed by atoms with Gasteiger partial charge in [-0.2, -0.15) is 0 Å². The van der Waals surface area contributed by atoms with Crippen molar-refractivity contribution in [3.05, 3.63) is 0 Å². The van der Waals surface area contributed by atoms with E-state index in [9.17, 15) is 14.7 Å². The number of amides is 2. The summed E-state index contributed by atoms with van der Waals surface area (Å²) in [4.78, 5) is 23.6. The van der Waals surface area contributed by atoms with Crippen LogP contribution in [-0.4, -0.2) is 41.9 Å². The number of nitrogens with one attached hydrogen (secondary N) is 2. The standard InChI is InChI=1S/C15H26N2O4/c1-11-4-8-15(9-5-11,12(18)19)17-13(20)16-10-14(21-2)6-3-7-14/h11H,3-10H2,1-2H3,(H,18,19)(H2,16,17,20). The summed E-state index contributed by atoms with van der Waals surface area (Å²) in [6.45, 7) is 2.55. The molecular weight excluding hydrogens is 272 g/mol. The Hall–Kier alpha value is -1.30. The second-order valence-corrected chi connectivity index (χ2v) is 6.62. The van der Waals surface area contributed by atoms with Crippen LogP contribution < -0.4 is 10.6 Å². The number of ether oxygens (including phenoxy) is 1. The van der Waals surface area contributed by atoms with E-state index in [0.29, 0.717) is 25.3 Å². The van der Waals surface area contributed by atoms with Gasteiger partial charge in [0.05, 0.1) is 5.60 Å². The first-order valence-electron chi connectivity index (χ1n) is 7.76. The van der Waals surface area contributed by atoms with Gasteiger partial charge in [-0.1, -0.05) is 6.92 Å². The van der Waals surface area contributed by atoms with Crippen molar-refractivity contribution in [1.29, 1.82) is 0 Å². The van der Waals surface area contributed by atoms with Crippen LogP contribution in [0.3, 0.4) is 0 Å². The van der Waals surface area contributed by atoms with Crippen LogP contribution >= 0.6 is 0 Å². The lowest BCUT2D eigenvalue weighted by atomic mass is 9.77. The quantitative estimate of drug-likeness (QED) is 0.723. The van der Waals surface area contributed by atoms with Crippen molar-refractivity contribution in [2.24, 2.45) is 5.92 Å². The first-order chi connectivity index (χ1) is 9.91. The van der Waals surface area contributed by atoms with E-state index in [2.05, 4.69) is 17.6 Å². The van der Waals surface area contributed by atoms with Crippen molar-refractivity contribution in [3.8, 4) is 0 Å². The van der Waals surface area contributed by atoms with Gasteiger partial charge in [-0.25, -0.2) is 9.59 Å². The van der Waals surface area contributed by atoms with E-state index in [1.165, 1.54) is 0 Å². The van der Waals surface area contributed by atoms with E-state index < -0.39 is 17.5 Å². The Bertz CT molecular complexity index is 393. The molecule has 6 nitrogen and oxygen atoms in total. The summed E-state index contributed by atoms with van der Waals surface area (Å²) in [6.07, 6.45) is 5.62. The lowest BCUT2D eigenvalue weighted by molar-refractivity contribution is -0.146. The zero-order valence-electron chi connectivity index (χ0n) is 12.9. The molecule has 21 heavy (non-hydrogen) atoms. The molecule has 0 aromatic heterocycles. The number of carboxylic acid groups (broad SMARTS) is 1. The Morgan fingerprint density at radius 1 is 1.24 bits per heavy atom. The first-order valence-corrected chi connectivity index (χ1v) is 7.76. The summed E-state index contributed by atoms with van der Waals surface area (Å²) in [6, 6.07) is -0.407. The molecule has 2 aliphatic carbocycles. The van der Waals surface area contributed by atoms with Crippen LogP contribution in [0.4, 0.5) is 4.79 Å². The highest BCUT2D eigenvalue weighted by Gasteiger charge is 2.43. The van der Waals surface area contributed by atoms with Crippen LogP contribution in [0.1, 0.15) is 51.9 Å². The molecule has 2 rings (SSSR count). The summed E-state index contributed by atoms with van der Waals surface area (Å²) in [5, 5.41) is 15.0. The minimum absolute atomic E-state index is 0.255. The number of urea groups is 1. The Morgan fingerprint density at radius 3 is 2.29 bits per heavy atom. The van der Waals surface area contributed by atoms with E-state index in [-0.39, 0.29) is 5.60 Å². The first kappa shape index (κ1) is 16.1. The Balaban J connectivity index is 1.88. The summed E-state index contributed by atoms with van der Waals surface area (Å²) < 4.78 is 5.44. The van der Waals surface area contributed by atoms with Crippen molar-refractivity contribution >= 4 is 12.0 Å². The average Bonchev–Trinajstić information content (AvgIpc) is 2.41. The predicted octanol–water partition coefficient (Wildman–Crippen LogP) is 1.89.